The highest BCUT2D eigenvalue weighted by Crippen LogP contribution is 2.15. The second kappa shape index (κ2) is 6.10. The third-order valence-electron chi connectivity index (χ3n) is 2.45. The van der Waals surface area contributed by atoms with Gasteiger partial charge in [0.15, 0.2) is 5.82 Å². The Labute approximate surface area is 111 Å². The van der Waals surface area contributed by atoms with Crippen molar-refractivity contribution in [3.05, 3.63) is 36.8 Å². The van der Waals surface area contributed by atoms with Crippen molar-refractivity contribution >= 4 is 11.6 Å². The molecule has 0 radical (unpaired) electrons. The molecule has 2 N–H and O–H groups in total. The highest BCUT2D eigenvalue weighted by atomic mass is 16.1. The molecule has 0 saturated heterocycles. The van der Waals surface area contributed by atoms with E-state index >= 15 is 0 Å². The van der Waals surface area contributed by atoms with Crippen LogP contribution < -0.4 is 10.6 Å². The van der Waals surface area contributed by atoms with E-state index < -0.39 is 0 Å². The minimum atomic E-state index is -0.102. The minimum absolute atomic E-state index is 0.102. The van der Waals surface area contributed by atoms with Crippen molar-refractivity contribution < 1.29 is 4.79 Å². The van der Waals surface area contributed by atoms with Crippen LogP contribution in [-0.4, -0.2) is 33.3 Å². The molecule has 2 rings (SSSR count). The number of rotatable bonds is 5. The first-order chi connectivity index (χ1) is 9.16. The summed E-state index contributed by atoms with van der Waals surface area (Å²) in [4.78, 5) is 16.0. The van der Waals surface area contributed by atoms with Gasteiger partial charge in [-0.25, -0.2) is 9.67 Å². The topological polar surface area (TPSA) is 71.8 Å². The molecule has 6 nitrogen and oxygen atoms in total. The van der Waals surface area contributed by atoms with Crippen molar-refractivity contribution in [1.82, 2.24) is 20.1 Å². The van der Waals surface area contributed by atoms with Gasteiger partial charge in [-0.3, -0.25) is 4.79 Å². The molecule has 0 unspecified atom stereocenters. The number of carbonyl (C=O) groups excluding carboxylic acids is 1. The van der Waals surface area contributed by atoms with Crippen molar-refractivity contribution in [2.24, 2.45) is 0 Å². The Hall–Kier alpha value is -2.21. The molecule has 0 atom stereocenters. The molecule has 2 aromatic heterocycles. The molecule has 0 spiro atoms. The van der Waals surface area contributed by atoms with Crippen molar-refractivity contribution in [1.29, 1.82) is 0 Å². The lowest BCUT2D eigenvalue weighted by Crippen LogP contribution is -2.32. The van der Waals surface area contributed by atoms with Gasteiger partial charge >= 0.3 is 0 Å². The minimum Gasteiger partial charge on any atom is -0.322 e. The zero-order chi connectivity index (χ0) is 13.7. The molecule has 0 bridgehead atoms. The van der Waals surface area contributed by atoms with Crippen molar-refractivity contribution in [3.8, 4) is 5.82 Å². The number of hydrogen-bond acceptors (Lipinski definition) is 4. The van der Waals surface area contributed by atoms with Crippen molar-refractivity contribution in [2.45, 2.75) is 19.9 Å². The van der Waals surface area contributed by atoms with Crippen molar-refractivity contribution in [2.75, 3.05) is 11.9 Å². The summed E-state index contributed by atoms with van der Waals surface area (Å²) >= 11 is 0. The zero-order valence-electron chi connectivity index (χ0n) is 11.0. The van der Waals surface area contributed by atoms with Gasteiger partial charge in [-0.1, -0.05) is 13.8 Å². The molecule has 2 heterocycles. The number of aromatic nitrogens is 3. The van der Waals surface area contributed by atoms with Gasteiger partial charge in [-0.05, 0) is 18.2 Å². The Bertz CT molecular complexity index is 536. The first-order valence-electron chi connectivity index (χ1n) is 6.15. The lowest BCUT2D eigenvalue weighted by Gasteiger charge is -2.11. The summed E-state index contributed by atoms with van der Waals surface area (Å²) in [7, 11) is 0. The molecule has 0 fully saturated rings. The van der Waals surface area contributed by atoms with Gasteiger partial charge in [-0.2, -0.15) is 5.10 Å². The number of nitrogens with zero attached hydrogens (tertiary/aromatic N) is 3. The smallest absolute Gasteiger partial charge is 0.238 e. The summed E-state index contributed by atoms with van der Waals surface area (Å²) in [6, 6.07) is 5.65. The summed E-state index contributed by atoms with van der Waals surface area (Å²) in [6.07, 6.45) is 5.12. The van der Waals surface area contributed by atoms with E-state index in [4.69, 9.17) is 0 Å². The molecule has 0 aliphatic rings. The van der Waals surface area contributed by atoms with E-state index in [-0.39, 0.29) is 18.5 Å². The fraction of sp³-hybridized carbons (Fsp3) is 0.308. The first kappa shape index (κ1) is 13.2. The maximum Gasteiger partial charge on any atom is 0.238 e. The Kier molecular flexibility index (Phi) is 4.25. The van der Waals surface area contributed by atoms with Gasteiger partial charge in [-0.15, -0.1) is 0 Å². The molecule has 100 valence electrons. The molecule has 0 saturated carbocycles. The number of pyridine rings is 1. The van der Waals surface area contributed by atoms with Gasteiger partial charge in [0.05, 0.1) is 12.2 Å². The molecule has 0 aliphatic carbocycles. The lowest BCUT2D eigenvalue weighted by atomic mass is 10.3. The van der Waals surface area contributed by atoms with E-state index in [1.165, 1.54) is 0 Å². The van der Waals surface area contributed by atoms with E-state index in [1.54, 1.807) is 41.5 Å². The zero-order valence-corrected chi connectivity index (χ0v) is 11.0. The summed E-state index contributed by atoms with van der Waals surface area (Å²) < 4.78 is 1.62. The second-order valence-corrected chi connectivity index (χ2v) is 4.41. The maximum atomic E-state index is 11.8. The lowest BCUT2D eigenvalue weighted by molar-refractivity contribution is -0.115. The average molecular weight is 259 g/mol. The van der Waals surface area contributed by atoms with Gasteiger partial charge in [0, 0.05) is 24.6 Å². The van der Waals surface area contributed by atoms with Crippen LogP contribution in [0.15, 0.2) is 36.8 Å². The van der Waals surface area contributed by atoms with Gasteiger partial charge < -0.3 is 10.6 Å². The third kappa shape index (κ3) is 3.62. The Morgan fingerprint density at radius 3 is 2.89 bits per heavy atom. The second-order valence-electron chi connectivity index (χ2n) is 4.41. The molecular formula is C13H17N5O. The molecular weight excluding hydrogens is 242 g/mol. The average Bonchev–Trinajstić information content (AvgIpc) is 2.91. The van der Waals surface area contributed by atoms with Gasteiger partial charge in [0.25, 0.3) is 0 Å². The number of carbonyl (C=O) groups is 1. The highest BCUT2D eigenvalue weighted by Gasteiger charge is 2.09. The van der Waals surface area contributed by atoms with Gasteiger partial charge in [0.2, 0.25) is 5.91 Å². The monoisotopic (exact) mass is 259 g/mol. The van der Waals surface area contributed by atoms with Crippen LogP contribution in [0.2, 0.25) is 0 Å². The fourth-order valence-corrected chi connectivity index (χ4v) is 1.56. The van der Waals surface area contributed by atoms with Crippen LogP contribution in [0.5, 0.6) is 0 Å². The summed E-state index contributed by atoms with van der Waals surface area (Å²) in [5.74, 6) is 0.500. The van der Waals surface area contributed by atoms with Crippen LogP contribution in [0.3, 0.4) is 0 Å². The van der Waals surface area contributed by atoms with E-state index in [0.29, 0.717) is 11.5 Å². The third-order valence-corrected chi connectivity index (χ3v) is 2.45. The number of nitrogens with one attached hydrogen (secondary N) is 2. The summed E-state index contributed by atoms with van der Waals surface area (Å²) in [5.41, 5.74) is 0.641. The Morgan fingerprint density at radius 1 is 1.37 bits per heavy atom. The summed E-state index contributed by atoms with van der Waals surface area (Å²) in [5, 5.41) is 10.0. The predicted octanol–water partition coefficient (Wildman–Crippen LogP) is 1.20. The maximum absolute atomic E-state index is 11.8. The Morgan fingerprint density at radius 2 is 2.21 bits per heavy atom. The molecule has 6 heteroatoms. The molecule has 1 amide bonds. The predicted molar refractivity (Wildman–Crippen MR) is 73.1 cm³/mol. The van der Waals surface area contributed by atoms with Crippen LogP contribution in [0.25, 0.3) is 5.82 Å². The first-order valence-corrected chi connectivity index (χ1v) is 6.15. The van der Waals surface area contributed by atoms with Crippen LogP contribution in [-0.2, 0) is 4.79 Å². The van der Waals surface area contributed by atoms with Crippen LogP contribution in [0.4, 0.5) is 5.69 Å². The SMILES string of the molecule is CC(C)NCC(=O)Nc1cccnc1-n1cccn1. The van der Waals surface area contributed by atoms with E-state index in [1.807, 2.05) is 13.8 Å². The fourth-order valence-electron chi connectivity index (χ4n) is 1.56. The molecule has 0 aromatic carbocycles. The van der Waals surface area contributed by atoms with E-state index in [0.717, 1.165) is 0 Å². The van der Waals surface area contributed by atoms with Crippen LogP contribution in [0, 0.1) is 0 Å². The molecule has 2 aromatic rings. The largest absolute Gasteiger partial charge is 0.322 e. The number of hydrogen-bond donors (Lipinski definition) is 2. The summed E-state index contributed by atoms with van der Waals surface area (Å²) in [6.45, 7) is 4.25. The van der Waals surface area contributed by atoms with Crippen LogP contribution >= 0.6 is 0 Å². The Balaban J connectivity index is 2.10. The normalized spacial score (nSPS) is 10.7. The van der Waals surface area contributed by atoms with Crippen molar-refractivity contribution in [3.63, 3.8) is 0 Å². The van der Waals surface area contributed by atoms with Crippen LogP contribution in [0.1, 0.15) is 13.8 Å². The quantitative estimate of drug-likeness (QED) is 0.846. The number of amides is 1. The van der Waals surface area contributed by atoms with E-state index in [2.05, 4.69) is 20.7 Å². The molecule has 0 aliphatic heterocycles. The number of anilines is 1. The van der Waals surface area contributed by atoms with Gasteiger partial charge in [0.1, 0.15) is 0 Å². The molecule has 19 heavy (non-hydrogen) atoms. The highest BCUT2D eigenvalue weighted by molar-refractivity contribution is 5.93. The van der Waals surface area contributed by atoms with E-state index in [9.17, 15) is 4.79 Å². The standard InChI is InChI=1S/C13H17N5O/c1-10(2)15-9-12(19)17-11-5-3-6-14-13(11)18-8-4-7-16-18/h3-8,10,15H,9H2,1-2H3,(H,17,19).